The number of anilines is 1. The summed E-state index contributed by atoms with van der Waals surface area (Å²) in [5.74, 6) is 2.51. The van der Waals surface area contributed by atoms with Gasteiger partial charge in [-0.25, -0.2) is 4.98 Å². The number of hydrogen-bond donors (Lipinski definition) is 1. The Kier molecular flexibility index (Phi) is 3.98. The Morgan fingerprint density at radius 2 is 1.95 bits per heavy atom. The number of nitrogens with one attached hydrogen (secondary N) is 1. The molecule has 2 aromatic rings. The summed E-state index contributed by atoms with van der Waals surface area (Å²) in [5.41, 5.74) is 1.22. The van der Waals surface area contributed by atoms with E-state index >= 15 is 0 Å². The maximum atomic E-state index is 11.5. The molecule has 0 unspecified atom stereocenters. The normalized spacial score (nSPS) is 16.8. The lowest BCUT2D eigenvalue weighted by Gasteiger charge is -2.28. The summed E-state index contributed by atoms with van der Waals surface area (Å²) >= 11 is 0. The zero-order valence-corrected chi connectivity index (χ0v) is 12.4. The quantitative estimate of drug-likeness (QED) is 0.930. The number of rotatable bonds is 3. The van der Waals surface area contributed by atoms with Gasteiger partial charge in [-0.1, -0.05) is 24.3 Å². The maximum Gasteiger partial charge on any atom is 0.136 e. The zero-order chi connectivity index (χ0) is 13.9. The number of benzene rings is 1. The van der Waals surface area contributed by atoms with Gasteiger partial charge in [-0.05, 0) is 18.0 Å². The highest BCUT2D eigenvalue weighted by Gasteiger charge is 2.19. The van der Waals surface area contributed by atoms with Crippen molar-refractivity contribution >= 4 is 27.4 Å². The van der Waals surface area contributed by atoms with Crippen LogP contribution in [0.2, 0.25) is 0 Å². The molecule has 5 heteroatoms. The van der Waals surface area contributed by atoms with Crippen molar-refractivity contribution in [2.24, 2.45) is 0 Å². The average molecular weight is 289 g/mol. The van der Waals surface area contributed by atoms with Gasteiger partial charge in [0.05, 0.1) is 0 Å². The fourth-order valence-electron chi connectivity index (χ4n) is 2.67. The first-order valence-electron chi connectivity index (χ1n) is 6.91. The Morgan fingerprint density at radius 1 is 1.25 bits per heavy atom. The van der Waals surface area contributed by atoms with Crippen molar-refractivity contribution < 1.29 is 4.21 Å². The van der Waals surface area contributed by atoms with Crippen LogP contribution in [0, 0.1) is 0 Å². The minimum atomic E-state index is -0.655. The molecule has 20 heavy (non-hydrogen) atoms. The first-order valence-corrected chi connectivity index (χ1v) is 8.39. The van der Waals surface area contributed by atoms with Crippen LogP contribution >= 0.6 is 0 Å². The molecule has 0 aliphatic carbocycles. The van der Waals surface area contributed by atoms with Gasteiger partial charge in [-0.3, -0.25) is 4.21 Å². The standard InChI is InChI=1S/C15H19N3OS/c1-16-10-12-11-17-15(14-5-3-2-4-13(12)14)18-6-8-20(19)9-7-18/h2-5,11,16H,6-10H2,1H3. The van der Waals surface area contributed by atoms with E-state index in [4.69, 9.17) is 0 Å². The maximum absolute atomic E-state index is 11.5. The van der Waals surface area contributed by atoms with Crippen LogP contribution in [0.1, 0.15) is 5.56 Å². The fraction of sp³-hybridized carbons (Fsp3) is 0.400. The molecule has 0 spiro atoms. The predicted octanol–water partition coefficient (Wildman–Crippen LogP) is 1.52. The van der Waals surface area contributed by atoms with Gasteiger partial charge in [-0.15, -0.1) is 0 Å². The van der Waals surface area contributed by atoms with E-state index in [-0.39, 0.29) is 0 Å². The van der Waals surface area contributed by atoms with E-state index in [9.17, 15) is 4.21 Å². The summed E-state index contributed by atoms with van der Waals surface area (Å²) in [7, 11) is 1.29. The van der Waals surface area contributed by atoms with Crippen molar-refractivity contribution in [3.8, 4) is 0 Å². The van der Waals surface area contributed by atoms with Gasteiger partial charge < -0.3 is 10.2 Å². The van der Waals surface area contributed by atoms with E-state index in [0.29, 0.717) is 0 Å². The van der Waals surface area contributed by atoms with Crippen LogP contribution in [-0.2, 0) is 17.3 Å². The van der Waals surface area contributed by atoms with E-state index in [2.05, 4.69) is 39.5 Å². The number of fused-ring (bicyclic) bond motifs is 1. The second kappa shape index (κ2) is 5.89. The van der Waals surface area contributed by atoms with E-state index in [1.165, 1.54) is 16.3 Å². The highest BCUT2D eigenvalue weighted by atomic mass is 32.2. The second-order valence-electron chi connectivity index (χ2n) is 5.02. The Hall–Kier alpha value is -1.46. The van der Waals surface area contributed by atoms with Crippen LogP contribution in [0.4, 0.5) is 5.82 Å². The molecule has 0 atom stereocenters. The molecule has 106 valence electrons. The third-order valence-corrected chi connectivity index (χ3v) is 4.98. The first-order chi connectivity index (χ1) is 9.79. The van der Waals surface area contributed by atoms with Crippen molar-refractivity contribution in [1.29, 1.82) is 0 Å². The van der Waals surface area contributed by atoms with Gasteiger partial charge >= 0.3 is 0 Å². The Labute approximate surface area is 121 Å². The van der Waals surface area contributed by atoms with E-state index in [0.717, 1.165) is 37.0 Å². The van der Waals surface area contributed by atoms with E-state index in [1.807, 2.05) is 13.2 Å². The van der Waals surface area contributed by atoms with E-state index in [1.54, 1.807) is 0 Å². The van der Waals surface area contributed by atoms with Gasteiger partial charge in [0.1, 0.15) is 5.82 Å². The van der Waals surface area contributed by atoms with Gasteiger partial charge in [0.2, 0.25) is 0 Å². The zero-order valence-electron chi connectivity index (χ0n) is 11.6. The Bertz CT molecular complexity index is 634. The summed E-state index contributed by atoms with van der Waals surface area (Å²) in [6.45, 7) is 2.47. The summed E-state index contributed by atoms with van der Waals surface area (Å²) < 4.78 is 11.5. The number of hydrogen-bond acceptors (Lipinski definition) is 4. The number of pyridine rings is 1. The minimum absolute atomic E-state index is 0.655. The monoisotopic (exact) mass is 289 g/mol. The number of aromatic nitrogens is 1. The lowest BCUT2D eigenvalue weighted by atomic mass is 10.1. The lowest BCUT2D eigenvalue weighted by molar-refractivity contribution is 0.672. The Morgan fingerprint density at radius 3 is 2.65 bits per heavy atom. The van der Waals surface area contributed by atoms with Gasteiger partial charge in [0, 0.05) is 53.5 Å². The molecule has 1 aromatic carbocycles. The van der Waals surface area contributed by atoms with Crippen LogP contribution in [0.25, 0.3) is 10.8 Å². The molecule has 3 rings (SSSR count). The molecule has 1 N–H and O–H groups in total. The molecule has 2 heterocycles. The van der Waals surface area contributed by atoms with Crippen molar-refractivity contribution in [3.63, 3.8) is 0 Å². The third kappa shape index (κ3) is 2.55. The van der Waals surface area contributed by atoms with Gasteiger partial charge in [0.15, 0.2) is 0 Å². The van der Waals surface area contributed by atoms with Crippen LogP contribution in [0.5, 0.6) is 0 Å². The van der Waals surface area contributed by atoms with Crippen LogP contribution in [-0.4, -0.2) is 40.8 Å². The molecule has 4 nitrogen and oxygen atoms in total. The molecule has 0 radical (unpaired) electrons. The summed E-state index contributed by atoms with van der Waals surface area (Å²) in [5, 5.41) is 5.62. The van der Waals surface area contributed by atoms with Crippen molar-refractivity contribution in [1.82, 2.24) is 10.3 Å². The molecule has 1 aliphatic rings. The molecular formula is C15H19N3OS. The molecule has 0 bridgehead atoms. The van der Waals surface area contributed by atoms with Crippen LogP contribution in [0.3, 0.4) is 0 Å². The van der Waals surface area contributed by atoms with Crippen molar-refractivity contribution in [2.45, 2.75) is 6.54 Å². The molecule has 1 aromatic heterocycles. The second-order valence-corrected chi connectivity index (χ2v) is 6.71. The summed E-state index contributed by atoms with van der Waals surface area (Å²) in [6.07, 6.45) is 1.96. The molecule has 0 amide bonds. The highest BCUT2D eigenvalue weighted by Crippen LogP contribution is 2.27. The van der Waals surface area contributed by atoms with Crippen molar-refractivity contribution in [3.05, 3.63) is 36.0 Å². The van der Waals surface area contributed by atoms with E-state index < -0.39 is 10.8 Å². The predicted molar refractivity (Wildman–Crippen MR) is 84.6 cm³/mol. The SMILES string of the molecule is CNCc1cnc(N2CCS(=O)CC2)c2ccccc12. The first kappa shape index (κ1) is 13.5. The summed E-state index contributed by atoms with van der Waals surface area (Å²) in [6, 6.07) is 8.40. The molecular weight excluding hydrogens is 270 g/mol. The topological polar surface area (TPSA) is 45.2 Å². The minimum Gasteiger partial charge on any atom is -0.354 e. The van der Waals surface area contributed by atoms with Gasteiger partial charge in [0.25, 0.3) is 0 Å². The lowest BCUT2D eigenvalue weighted by Crippen LogP contribution is -2.38. The Balaban J connectivity index is 2.03. The van der Waals surface area contributed by atoms with Crippen molar-refractivity contribution in [2.75, 3.05) is 36.5 Å². The molecule has 1 saturated heterocycles. The highest BCUT2D eigenvalue weighted by molar-refractivity contribution is 7.85. The largest absolute Gasteiger partial charge is 0.354 e. The third-order valence-electron chi connectivity index (χ3n) is 3.70. The average Bonchev–Trinajstić information content (AvgIpc) is 2.49. The van der Waals surface area contributed by atoms with Crippen LogP contribution < -0.4 is 10.2 Å². The summed E-state index contributed by atoms with van der Waals surface area (Å²) in [4.78, 5) is 6.92. The van der Waals surface area contributed by atoms with Gasteiger partial charge in [-0.2, -0.15) is 0 Å². The smallest absolute Gasteiger partial charge is 0.136 e. The fourth-order valence-corrected chi connectivity index (χ4v) is 3.72. The molecule has 0 saturated carbocycles. The van der Waals surface area contributed by atoms with Crippen LogP contribution in [0.15, 0.2) is 30.5 Å². The number of nitrogens with zero attached hydrogens (tertiary/aromatic N) is 2. The molecule has 1 aliphatic heterocycles. The molecule has 1 fully saturated rings.